The molecule has 0 aliphatic rings. The average molecular weight is 298 g/mol. The molecule has 0 aromatic carbocycles. The summed E-state index contributed by atoms with van der Waals surface area (Å²) >= 11 is 0. The summed E-state index contributed by atoms with van der Waals surface area (Å²) in [5.41, 5.74) is 1.01. The van der Waals surface area contributed by atoms with E-state index in [1.807, 2.05) is 25.1 Å². The first-order chi connectivity index (χ1) is 9.51. The van der Waals surface area contributed by atoms with Crippen molar-refractivity contribution in [3.8, 4) is 0 Å². The number of guanidine groups is 1. The third-order valence-electron chi connectivity index (χ3n) is 2.48. The van der Waals surface area contributed by atoms with E-state index in [0.29, 0.717) is 12.5 Å². The molecule has 0 spiro atoms. The van der Waals surface area contributed by atoms with Crippen LogP contribution in [0.5, 0.6) is 0 Å². The van der Waals surface area contributed by atoms with Crippen LogP contribution >= 0.6 is 0 Å². The molecular weight excluding hydrogens is 276 g/mol. The molecule has 0 unspecified atom stereocenters. The normalized spacial score (nSPS) is 12.2. The first-order valence-corrected chi connectivity index (χ1v) is 8.67. The zero-order valence-corrected chi connectivity index (χ0v) is 12.8. The second kappa shape index (κ2) is 8.52. The Kier molecular flexibility index (Phi) is 7.00. The monoisotopic (exact) mass is 298 g/mol. The summed E-state index contributed by atoms with van der Waals surface area (Å²) in [4.78, 5) is 8.46. The maximum Gasteiger partial charge on any atom is 0.191 e. The molecule has 20 heavy (non-hydrogen) atoms. The van der Waals surface area contributed by atoms with Crippen molar-refractivity contribution in [1.82, 2.24) is 15.6 Å². The number of hydrogen-bond donors (Lipinski definition) is 2. The first-order valence-electron chi connectivity index (χ1n) is 6.61. The van der Waals surface area contributed by atoms with Crippen molar-refractivity contribution < 1.29 is 8.42 Å². The minimum atomic E-state index is -2.97. The number of aliphatic imine (C=N–C) groups is 1. The molecule has 0 saturated carbocycles. The molecule has 0 radical (unpaired) electrons. The summed E-state index contributed by atoms with van der Waals surface area (Å²) < 4.78 is 22.1. The minimum absolute atomic E-state index is 0.0593. The van der Waals surface area contributed by atoms with Crippen LogP contribution in [0.2, 0.25) is 0 Å². The number of rotatable bonds is 7. The van der Waals surface area contributed by atoms with Gasteiger partial charge in [0.1, 0.15) is 9.84 Å². The molecule has 0 aliphatic carbocycles. The van der Waals surface area contributed by atoms with E-state index in [4.69, 9.17) is 0 Å². The number of nitrogens with zero attached hydrogens (tertiary/aromatic N) is 2. The molecule has 1 rings (SSSR count). The van der Waals surface area contributed by atoms with Gasteiger partial charge < -0.3 is 10.6 Å². The first kappa shape index (κ1) is 16.4. The van der Waals surface area contributed by atoms with Crippen LogP contribution in [0.1, 0.15) is 12.6 Å². The predicted molar refractivity (Wildman–Crippen MR) is 81.6 cm³/mol. The van der Waals surface area contributed by atoms with Crippen molar-refractivity contribution in [2.75, 3.05) is 31.6 Å². The lowest BCUT2D eigenvalue weighted by molar-refractivity contribution is 0.601. The molecule has 1 aromatic heterocycles. The molecule has 112 valence electrons. The lowest BCUT2D eigenvalue weighted by atomic mass is 10.3. The van der Waals surface area contributed by atoms with E-state index in [1.165, 1.54) is 6.26 Å². The Morgan fingerprint density at radius 1 is 1.35 bits per heavy atom. The highest BCUT2D eigenvalue weighted by Crippen LogP contribution is 1.93. The largest absolute Gasteiger partial charge is 0.357 e. The third kappa shape index (κ3) is 7.73. The molecule has 2 N–H and O–H groups in total. The molecule has 1 aromatic rings. The molecule has 0 aliphatic heterocycles. The van der Waals surface area contributed by atoms with E-state index in [2.05, 4.69) is 20.6 Å². The standard InChI is InChI=1S/C13H22N4O2S/c1-3-14-13(17-10-11-20(2,18)19)16-9-7-12-6-4-5-8-15-12/h4-6,8H,3,7,9-11H2,1-2H3,(H2,14,16,17). The van der Waals surface area contributed by atoms with Crippen molar-refractivity contribution in [2.24, 2.45) is 4.99 Å². The summed E-state index contributed by atoms with van der Waals surface area (Å²) in [7, 11) is -2.97. The van der Waals surface area contributed by atoms with Gasteiger partial charge in [-0.3, -0.25) is 9.98 Å². The van der Waals surface area contributed by atoms with Gasteiger partial charge in [-0.05, 0) is 19.1 Å². The van der Waals surface area contributed by atoms with Crippen LogP contribution in [0.3, 0.4) is 0 Å². The van der Waals surface area contributed by atoms with Gasteiger partial charge in [-0.1, -0.05) is 6.07 Å². The van der Waals surface area contributed by atoms with Gasteiger partial charge >= 0.3 is 0 Å². The van der Waals surface area contributed by atoms with Gasteiger partial charge in [0.05, 0.1) is 12.3 Å². The molecule has 0 amide bonds. The van der Waals surface area contributed by atoms with Crippen LogP contribution in [0.25, 0.3) is 0 Å². The number of hydrogen-bond acceptors (Lipinski definition) is 4. The number of pyridine rings is 1. The van der Waals surface area contributed by atoms with Gasteiger partial charge in [0.15, 0.2) is 5.96 Å². The van der Waals surface area contributed by atoms with Gasteiger partial charge in [-0.15, -0.1) is 0 Å². The summed E-state index contributed by atoms with van der Waals surface area (Å²) in [5, 5.41) is 6.24. The van der Waals surface area contributed by atoms with Crippen molar-refractivity contribution in [3.63, 3.8) is 0 Å². The summed E-state index contributed by atoms with van der Waals surface area (Å²) in [6.07, 6.45) is 3.77. The van der Waals surface area contributed by atoms with Crippen molar-refractivity contribution in [2.45, 2.75) is 13.3 Å². The Bertz CT molecular complexity index is 514. The Morgan fingerprint density at radius 3 is 2.75 bits per heavy atom. The minimum Gasteiger partial charge on any atom is -0.357 e. The highest BCUT2D eigenvalue weighted by Gasteiger charge is 2.02. The van der Waals surface area contributed by atoms with Crippen LogP contribution in [-0.2, 0) is 16.3 Å². The highest BCUT2D eigenvalue weighted by molar-refractivity contribution is 7.90. The van der Waals surface area contributed by atoms with Gasteiger partial charge in [0.25, 0.3) is 0 Å². The van der Waals surface area contributed by atoms with Crippen LogP contribution in [0, 0.1) is 0 Å². The fraction of sp³-hybridized carbons (Fsp3) is 0.538. The van der Waals surface area contributed by atoms with Crippen LogP contribution in [-0.4, -0.2) is 51.0 Å². The molecule has 7 heteroatoms. The van der Waals surface area contributed by atoms with Gasteiger partial charge in [0, 0.05) is 37.7 Å². The van der Waals surface area contributed by atoms with Crippen molar-refractivity contribution >= 4 is 15.8 Å². The van der Waals surface area contributed by atoms with Crippen LogP contribution in [0.15, 0.2) is 29.4 Å². The number of nitrogens with one attached hydrogen (secondary N) is 2. The zero-order chi connectivity index (χ0) is 14.8. The molecular formula is C13H22N4O2S. The zero-order valence-electron chi connectivity index (χ0n) is 12.0. The third-order valence-corrected chi connectivity index (χ3v) is 3.40. The second-order valence-corrected chi connectivity index (χ2v) is 6.65. The number of sulfone groups is 1. The summed E-state index contributed by atoms with van der Waals surface area (Å²) in [5.74, 6) is 0.691. The average Bonchev–Trinajstić information content (AvgIpc) is 2.38. The lowest BCUT2D eigenvalue weighted by Gasteiger charge is -2.10. The number of aromatic nitrogens is 1. The Balaban J connectivity index is 2.40. The summed E-state index contributed by atoms with van der Waals surface area (Å²) in [6.45, 7) is 3.65. The van der Waals surface area contributed by atoms with E-state index in [1.54, 1.807) is 6.20 Å². The van der Waals surface area contributed by atoms with Gasteiger partial charge in [-0.2, -0.15) is 0 Å². The van der Waals surface area contributed by atoms with E-state index in [-0.39, 0.29) is 12.3 Å². The highest BCUT2D eigenvalue weighted by atomic mass is 32.2. The Hall–Kier alpha value is -1.63. The smallest absolute Gasteiger partial charge is 0.191 e. The van der Waals surface area contributed by atoms with E-state index < -0.39 is 9.84 Å². The van der Waals surface area contributed by atoms with Gasteiger partial charge in [-0.25, -0.2) is 8.42 Å². The van der Waals surface area contributed by atoms with E-state index in [9.17, 15) is 8.42 Å². The van der Waals surface area contributed by atoms with E-state index in [0.717, 1.165) is 18.7 Å². The Labute approximate surface area is 120 Å². The van der Waals surface area contributed by atoms with Crippen LogP contribution < -0.4 is 10.6 Å². The SMILES string of the molecule is CCNC(=NCCS(C)(=O)=O)NCCc1ccccn1. The van der Waals surface area contributed by atoms with Crippen molar-refractivity contribution in [3.05, 3.63) is 30.1 Å². The van der Waals surface area contributed by atoms with Crippen molar-refractivity contribution in [1.29, 1.82) is 0 Å². The van der Waals surface area contributed by atoms with E-state index >= 15 is 0 Å². The Morgan fingerprint density at radius 2 is 2.15 bits per heavy atom. The topological polar surface area (TPSA) is 83.5 Å². The predicted octanol–water partition coefficient (Wildman–Crippen LogP) is 0.224. The fourth-order valence-electron chi connectivity index (χ4n) is 1.52. The van der Waals surface area contributed by atoms with Gasteiger partial charge in [0.2, 0.25) is 0 Å². The second-order valence-electron chi connectivity index (χ2n) is 4.39. The molecule has 0 bridgehead atoms. The maximum absolute atomic E-state index is 11.1. The fourth-order valence-corrected chi connectivity index (χ4v) is 1.94. The molecule has 1 heterocycles. The quantitative estimate of drug-likeness (QED) is 0.556. The summed E-state index contributed by atoms with van der Waals surface area (Å²) in [6, 6.07) is 5.80. The van der Waals surface area contributed by atoms with Crippen LogP contribution in [0.4, 0.5) is 0 Å². The molecule has 0 saturated heterocycles. The molecule has 6 nitrogen and oxygen atoms in total. The molecule has 0 atom stereocenters. The lowest BCUT2D eigenvalue weighted by Crippen LogP contribution is -2.38. The molecule has 0 fully saturated rings. The maximum atomic E-state index is 11.1.